The smallest absolute Gasteiger partial charge is 0.373 e. The van der Waals surface area contributed by atoms with E-state index in [1.165, 1.54) is 38.4 Å². The Labute approximate surface area is 184 Å². The van der Waals surface area contributed by atoms with Gasteiger partial charge in [-0.3, -0.25) is 4.31 Å². The normalized spacial score (nSPS) is 11.1. The standard InChI is InChI=1S/C21H18ClNO7S/c1-23(14-6-4-3-5-7-14)31(26,27)16-9-10-18(22)17(12-16)20(24)29-13-15-8-11-19(30-15)21(25)28-2/h3-12H,13H2,1-2H3. The van der Waals surface area contributed by atoms with Crippen LogP contribution in [0.25, 0.3) is 0 Å². The molecule has 0 saturated heterocycles. The van der Waals surface area contributed by atoms with Crippen molar-refractivity contribution >= 4 is 39.3 Å². The van der Waals surface area contributed by atoms with E-state index in [0.29, 0.717) is 5.69 Å². The van der Waals surface area contributed by atoms with Crippen molar-refractivity contribution < 1.29 is 31.9 Å². The summed E-state index contributed by atoms with van der Waals surface area (Å²) in [5.74, 6) is -1.34. The van der Waals surface area contributed by atoms with Gasteiger partial charge < -0.3 is 13.9 Å². The quantitative estimate of drug-likeness (QED) is 0.489. The van der Waals surface area contributed by atoms with Crippen LogP contribution in [0.15, 0.2) is 70.0 Å². The number of esters is 2. The van der Waals surface area contributed by atoms with Crippen molar-refractivity contribution in [1.29, 1.82) is 0 Å². The molecule has 31 heavy (non-hydrogen) atoms. The molecular weight excluding hydrogens is 446 g/mol. The van der Waals surface area contributed by atoms with Gasteiger partial charge in [0.25, 0.3) is 10.0 Å². The van der Waals surface area contributed by atoms with Crippen LogP contribution in [0.2, 0.25) is 5.02 Å². The van der Waals surface area contributed by atoms with Crippen LogP contribution in [-0.2, 0) is 26.1 Å². The summed E-state index contributed by atoms with van der Waals surface area (Å²) in [6.45, 7) is -0.285. The summed E-state index contributed by atoms with van der Waals surface area (Å²) in [4.78, 5) is 23.8. The maximum atomic E-state index is 13.0. The summed E-state index contributed by atoms with van der Waals surface area (Å²) in [5, 5.41) is 0.0287. The van der Waals surface area contributed by atoms with Crippen LogP contribution < -0.4 is 4.31 Å². The number of furan rings is 1. The molecule has 0 aliphatic rings. The molecule has 3 aromatic rings. The fourth-order valence-electron chi connectivity index (χ4n) is 2.64. The van der Waals surface area contributed by atoms with E-state index >= 15 is 0 Å². The van der Waals surface area contributed by atoms with Crippen LogP contribution in [0.3, 0.4) is 0 Å². The van der Waals surface area contributed by atoms with E-state index < -0.39 is 22.0 Å². The number of halogens is 1. The lowest BCUT2D eigenvalue weighted by Gasteiger charge is -2.20. The Morgan fingerprint density at radius 2 is 1.74 bits per heavy atom. The Bertz CT molecular complexity index is 1210. The van der Waals surface area contributed by atoms with E-state index in [1.807, 2.05) is 0 Å². The summed E-state index contributed by atoms with van der Waals surface area (Å²) in [6.07, 6.45) is 0. The highest BCUT2D eigenvalue weighted by atomic mass is 35.5. The van der Waals surface area contributed by atoms with Crippen molar-refractivity contribution in [1.82, 2.24) is 0 Å². The first-order chi connectivity index (χ1) is 14.7. The van der Waals surface area contributed by atoms with E-state index in [9.17, 15) is 18.0 Å². The number of rotatable bonds is 7. The Hall–Kier alpha value is -3.30. The van der Waals surface area contributed by atoms with Gasteiger partial charge in [-0.05, 0) is 42.5 Å². The van der Waals surface area contributed by atoms with Crippen LogP contribution in [0.1, 0.15) is 26.7 Å². The van der Waals surface area contributed by atoms with Gasteiger partial charge in [-0.2, -0.15) is 0 Å². The molecule has 1 heterocycles. The number of hydrogen-bond donors (Lipinski definition) is 0. The van der Waals surface area contributed by atoms with Crippen molar-refractivity contribution in [3.05, 3.63) is 82.8 Å². The Morgan fingerprint density at radius 1 is 1.03 bits per heavy atom. The van der Waals surface area contributed by atoms with E-state index in [-0.39, 0.29) is 33.6 Å². The zero-order valence-corrected chi connectivity index (χ0v) is 18.1. The maximum Gasteiger partial charge on any atom is 0.373 e. The second-order valence-corrected chi connectivity index (χ2v) is 8.66. The van der Waals surface area contributed by atoms with Crippen molar-refractivity contribution in [2.45, 2.75) is 11.5 Å². The largest absolute Gasteiger partial charge is 0.463 e. The molecule has 1 aromatic heterocycles. The van der Waals surface area contributed by atoms with Gasteiger partial charge in [0, 0.05) is 7.05 Å². The molecule has 0 spiro atoms. The number of carbonyl (C=O) groups excluding carboxylic acids is 2. The van der Waals surface area contributed by atoms with Gasteiger partial charge in [-0.15, -0.1) is 0 Å². The molecule has 0 aliphatic carbocycles. The molecule has 0 saturated carbocycles. The third-order valence-corrected chi connectivity index (χ3v) is 6.44. The van der Waals surface area contributed by atoms with Crippen LogP contribution in [0.4, 0.5) is 5.69 Å². The number of anilines is 1. The molecule has 162 valence electrons. The molecule has 0 aliphatic heterocycles. The van der Waals surface area contributed by atoms with Gasteiger partial charge in [0.05, 0.1) is 28.3 Å². The average Bonchev–Trinajstić information content (AvgIpc) is 3.26. The van der Waals surface area contributed by atoms with Crippen LogP contribution in [0.5, 0.6) is 0 Å². The fourth-order valence-corrected chi connectivity index (χ4v) is 4.05. The van der Waals surface area contributed by atoms with Crippen molar-refractivity contribution in [2.75, 3.05) is 18.5 Å². The monoisotopic (exact) mass is 463 g/mol. The topological polar surface area (TPSA) is 103 Å². The number of para-hydroxylation sites is 1. The lowest BCUT2D eigenvalue weighted by atomic mass is 10.2. The molecule has 0 fully saturated rings. The third kappa shape index (κ3) is 4.89. The zero-order chi connectivity index (χ0) is 22.6. The molecule has 0 N–H and O–H groups in total. The van der Waals surface area contributed by atoms with E-state index in [1.54, 1.807) is 30.3 Å². The number of carbonyl (C=O) groups is 2. The first-order valence-corrected chi connectivity index (χ1v) is 10.7. The molecule has 0 amide bonds. The number of hydrogen-bond acceptors (Lipinski definition) is 7. The number of methoxy groups -OCH3 is 1. The third-order valence-electron chi connectivity index (χ3n) is 4.33. The summed E-state index contributed by atoms with van der Waals surface area (Å²) >= 11 is 6.09. The molecule has 10 heteroatoms. The molecule has 0 bridgehead atoms. The van der Waals surface area contributed by atoms with Gasteiger partial charge >= 0.3 is 11.9 Å². The summed E-state index contributed by atoms with van der Waals surface area (Å²) < 4.78 is 41.9. The zero-order valence-electron chi connectivity index (χ0n) is 16.6. The fraction of sp³-hybridized carbons (Fsp3) is 0.143. The van der Waals surface area contributed by atoms with E-state index in [2.05, 4.69) is 4.74 Å². The molecular formula is C21H18ClNO7S. The molecule has 0 radical (unpaired) electrons. The predicted molar refractivity (Wildman–Crippen MR) is 113 cm³/mol. The number of benzene rings is 2. The van der Waals surface area contributed by atoms with Gasteiger partial charge in [0.2, 0.25) is 5.76 Å². The molecule has 0 atom stereocenters. The Kier molecular flexibility index (Phi) is 6.67. The van der Waals surface area contributed by atoms with Gasteiger partial charge in [0.15, 0.2) is 0 Å². The number of nitrogens with zero attached hydrogens (tertiary/aromatic N) is 1. The van der Waals surface area contributed by atoms with Crippen molar-refractivity contribution in [3.8, 4) is 0 Å². The minimum absolute atomic E-state index is 0.0287. The van der Waals surface area contributed by atoms with Gasteiger partial charge in [-0.1, -0.05) is 29.8 Å². The summed E-state index contributed by atoms with van der Waals surface area (Å²) in [7, 11) is -1.32. The van der Waals surface area contributed by atoms with Crippen molar-refractivity contribution in [3.63, 3.8) is 0 Å². The number of sulfonamides is 1. The average molecular weight is 464 g/mol. The molecule has 2 aromatic carbocycles. The lowest BCUT2D eigenvalue weighted by Crippen LogP contribution is -2.26. The number of ether oxygens (including phenoxy) is 2. The lowest BCUT2D eigenvalue weighted by molar-refractivity contribution is 0.0438. The second kappa shape index (κ2) is 9.23. The highest BCUT2D eigenvalue weighted by molar-refractivity contribution is 7.92. The van der Waals surface area contributed by atoms with Gasteiger partial charge in [0.1, 0.15) is 12.4 Å². The first kappa shape index (κ1) is 22.4. The Morgan fingerprint density at radius 3 is 2.42 bits per heavy atom. The minimum atomic E-state index is -3.94. The van der Waals surface area contributed by atoms with Crippen LogP contribution >= 0.6 is 11.6 Å². The van der Waals surface area contributed by atoms with Crippen molar-refractivity contribution in [2.24, 2.45) is 0 Å². The van der Waals surface area contributed by atoms with Gasteiger partial charge in [-0.25, -0.2) is 18.0 Å². The highest BCUT2D eigenvalue weighted by Crippen LogP contribution is 2.26. The van der Waals surface area contributed by atoms with Crippen LogP contribution in [0, 0.1) is 0 Å². The second-order valence-electron chi connectivity index (χ2n) is 6.28. The summed E-state index contributed by atoms with van der Waals surface area (Å²) in [6, 6.07) is 15.1. The Balaban J connectivity index is 1.79. The maximum absolute atomic E-state index is 13.0. The highest BCUT2D eigenvalue weighted by Gasteiger charge is 2.24. The first-order valence-electron chi connectivity index (χ1n) is 8.91. The SMILES string of the molecule is COC(=O)c1ccc(COC(=O)c2cc(S(=O)(=O)N(C)c3ccccc3)ccc2Cl)o1. The van der Waals surface area contributed by atoms with E-state index in [4.69, 9.17) is 20.8 Å². The predicted octanol–water partition coefficient (Wildman–Crippen LogP) is 3.90. The van der Waals surface area contributed by atoms with Crippen LogP contribution in [-0.4, -0.2) is 34.5 Å². The molecule has 0 unspecified atom stereocenters. The molecule has 3 rings (SSSR count). The summed E-state index contributed by atoms with van der Waals surface area (Å²) in [5.41, 5.74) is 0.338. The van der Waals surface area contributed by atoms with E-state index in [0.717, 1.165) is 10.4 Å². The minimum Gasteiger partial charge on any atom is -0.463 e. The molecule has 8 nitrogen and oxygen atoms in total.